The summed E-state index contributed by atoms with van der Waals surface area (Å²) in [5, 5.41) is 7.62. The summed E-state index contributed by atoms with van der Waals surface area (Å²) in [5.74, 6) is 1.59. The summed E-state index contributed by atoms with van der Waals surface area (Å²) in [5.41, 5.74) is 2.19. The molecule has 0 aromatic rings. The van der Waals surface area contributed by atoms with Gasteiger partial charge in [0.2, 0.25) is 0 Å². The summed E-state index contributed by atoms with van der Waals surface area (Å²) >= 11 is 0. The van der Waals surface area contributed by atoms with Crippen LogP contribution in [0.5, 0.6) is 0 Å². The number of nitrogens with zero attached hydrogens (tertiary/aromatic N) is 1. The molecule has 4 atom stereocenters. The van der Waals surface area contributed by atoms with E-state index < -0.39 is 0 Å². The summed E-state index contributed by atoms with van der Waals surface area (Å²) in [6.45, 7) is 2.82. The second kappa shape index (κ2) is 4.55. The first-order valence-corrected chi connectivity index (χ1v) is 7.23. The Bertz CT molecular complexity index is 431. The Morgan fingerprint density at radius 2 is 2.22 bits per heavy atom. The molecule has 1 spiro atoms. The first kappa shape index (κ1) is 12.0. The zero-order valence-electron chi connectivity index (χ0n) is 11.1. The van der Waals surface area contributed by atoms with Crippen molar-refractivity contribution in [2.75, 3.05) is 6.61 Å². The van der Waals surface area contributed by atoms with Crippen LogP contribution in [0.3, 0.4) is 0 Å². The van der Waals surface area contributed by atoms with E-state index in [1.54, 1.807) is 5.57 Å². The van der Waals surface area contributed by atoms with Crippen molar-refractivity contribution in [3.05, 3.63) is 23.8 Å². The van der Waals surface area contributed by atoms with Crippen molar-refractivity contribution in [1.29, 1.82) is 5.26 Å². The van der Waals surface area contributed by atoms with Crippen LogP contribution in [0, 0.1) is 28.6 Å². The molecule has 0 aromatic carbocycles. The van der Waals surface area contributed by atoms with Crippen molar-refractivity contribution in [3.63, 3.8) is 0 Å². The number of ether oxygens (including phenoxy) is 1. The molecule has 4 aliphatic rings. The number of nitriles is 1. The number of hydrogen-bond donors (Lipinski definition) is 0. The van der Waals surface area contributed by atoms with Crippen molar-refractivity contribution in [2.45, 2.75) is 45.1 Å². The molecular formula is C16H21NO. The predicted molar refractivity (Wildman–Crippen MR) is 70.7 cm³/mol. The lowest BCUT2D eigenvalue weighted by Gasteiger charge is -2.39. The maximum atomic E-state index is 7.62. The molecule has 4 rings (SSSR count). The van der Waals surface area contributed by atoms with E-state index >= 15 is 0 Å². The molecule has 0 bridgehead atoms. The molecule has 2 saturated carbocycles. The Kier molecular flexibility index (Phi) is 3.03. The van der Waals surface area contributed by atoms with E-state index in [2.05, 4.69) is 18.2 Å². The molecule has 1 aliphatic heterocycles. The molecule has 1 heterocycles. The first-order chi connectivity index (χ1) is 8.84. The maximum absolute atomic E-state index is 7.62. The van der Waals surface area contributed by atoms with Crippen LogP contribution in [0.2, 0.25) is 0 Å². The van der Waals surface area contributed by atoms with E-state index in [1.807, 2.05) is 13.0 Å². The second-order valence-electron chi connectivity index (χ2n) is 5.74. The lowest BCUT2D eigenvalue weighted by atomic mass is 9.73. The molecule has 3 aliphatic carbocycles. The van der Waals surface area contributed by atoms with E-state index in [9.17, 15) is 0 Å². The van der Waals surface area contributed by atoms with Gasteiger partial charge in [0.25, 0.3) is 0 Å². The highest BCUT2D eigenvalue weighted by molar-refractivity contribution is 5.53. The van der Waals surface area contributed by atoms with Gasteiger partial charge in [-0.1, -0.05) is 43.6 Å². The number of hydrogen-bond acceptors (Lipinski definition) is 2. The lowest BCUT2D eigenvalue weighted by molar-refractivity contribution is -0.0692. The van der Waals surface area contributed by atoms with Gasteiger partial charge < -0.3 is 4.74 Å². The topological polar surface area (TPSA) is 33.0 Å². The smallest absolute Gasteiger partial charge is 0.0618 e. The molecular weight excluding hydrogens is 222 g/mol. The minimum atomic E-state index is 0.503. The maximum Gasteiger partial charge on any atom is 0.0618 e. The van der Waals surface area contributed by atoms with Gasteiger partial charge in [0.15, 0.2) is 0 Å². The van der Waals surface area contributed by atoms with Crippen LogP contribution in [0.25, 0.3) is 0 Å². The van der Waals surface area contributed by atoms with Crippen LogP contribution >= 0.6 is 0 Å². The van der Waals surface area contributed by atoms with Crippen molar-refractivity contribution in [1.82, 2.24) is 0 Å². The molecule has 2 nitrogen and oxygen atoms in total. The van der Waals surface area contributed by atoms with E-state index in [0.29, 0.717) is 17.9 Å². The highest BCUT2D eigenvalue weighted by Crippen LogP contribution is 2.71. The van der Waals surface area contributed by atoms with Crippen molar-refractivity contribution < 1.29 is 4.74 Å². The molecule has 2 heteroatoms. The molecule has 3 fully saturated rings. The van der Waals surface area contributed by atoms with Crippen molar-refractivity contribution >= 4 is 0 Å². The Morgan fingerprint density at radius 3 is 3.00 bits per heavy atom. The van der Waals surface area contributed by atoms with Gasteiger partial charge in [0, 0.05) is 17.8 Å². The zero-order valence-corrected chi connectivity index (χ0v) is 11.1. The third-order valence-electron chi connectivity index (χ3n) is 4.97. The van der Waals surface area contributed by atoms with Gasteiger partial charge >= 0.3 is 0 Å². The SMILES string of the molecule is C1=CC23C(=C1)C2COC1CCCCC13.CCC#N. The molecule has 0 amide bonds. The fourth-order valence-corrected chi connectivity index (χ4v) is 4.13. The second-order valence-corrected chi connectivity index (χ2v) is 5.74. The normalized spacial score (nSPS) is 42.4. The van der Waals surface area contributed by atoms with Crippen LogP contribution in [0.4, 0.5) is 0 Å². The van der Waals surface area contributed by atoms with E-state index in [1.165, 1.54) is 25.7 Å². The summed E-state index contributed by atoms with van der Waals surface area (Å²) in [4.78, 5) is 0. The first-order valence-electron chi connectivity index (χ1n) is 7.23. The van der Waals surface area contributed by atoms with Crippen LogP contribution in [0.15, 0.2) is 23.8 Å². The van der Waals surface area contributed by atoms with Crippen molar-refractivity contribution in [2.24, 2.45) is 17.3 Å². The van der Waals surface area contributed by atoms with Crippen LogP contribution in [0.1, 0.15) is 39.0 Å². The van der Waals surface area contributed by atoms with Gasteiger partial charge in [-0.05, 0) is 18.8 Å². The average molecular weight is 243 g/mol. The van der Waals surface area contributed by atoms with Gasteiger partial charge in [-0.3, -0.25) is 0 Å². The van der Waals surface area contributed by atoms with Crippen LogP contribution < -0.4 is 0 Å². The van der Waals surface area contributed by atoms with E-state index in [0.717, 1.165) is 18.4 Å². The summed E-state index contributed by atoms with van der Waals surface area (Å²) in [6.07, 6.45) is 13.8. The zero-order chi connectivity index (χ0) is 12.6. The Morgan fingerprint density at radius 1 is 1.44 bits per heavy atom. The molecule has 1 saturated heterocycles. The molecule has 4 unspecified atom stereocenters. The van der Waals surface area contributed by atoms with E-state index in [4.69, 9.17) is 10.00 Å². The fourth-order valence-electron chi connectivity index (χ4n) is 4.13. The summed E-state index contributed by atoms with van der Waals surface area (Å²) in [7, 11) is 0. The van der Waals surface area contributed by atoms with Gasteiger partial charge in [0.1, 0.15) is 0 Å². The highest BCUT2D eigenvalue weighted by atomic mass is 16.5. The quantitative estimate of drug-likeness (QED) is 0.651. The standard InChI is InChI=1S/C13H16O.C3H5N/c1-2-6-12-10(4-1)13-7-3-5-9(13)11(13)8-14-12;1-2-3-4/h3,5,7,10-12H,1-2,4,6,8H2;2H2,1H3. The number of allylic oxidation sites excluding steroid dienone is 3. The van der Waals surface area contributed by atoms with Crippen LogP contribution in [-0.4, -0.2) is 12.7 Å². The molecule has 0 aromatic heterocycles. The molecule has 96 valence electrons. The van der Waals surface area contributed by atoms with Gasteiger partial charge in [-0.2, -0.15) is 5.26 Å². The largest absolute Gasteiger partial charge is 0.377 e. The van der Waals surface area contributed by atoms with Gasteiger partial charge in [0.05, 0.1) is 18.8 Å². The molecule has 0 N–H and O–H groups in total. The Hall–Kier alpha value is -1.07. The van der Waals surface area contributed by atoms with Crippen molar-refractivity contribution in [3.8, 4) is 6.07 Å². The third kappa shape index (κ3) is 1.57. The van der Waals surface area contributed by atoms with Gasteiger partial charge in [-0.15, -0.1) is 0 Å². The average Bonchev–Trinajstić information content (AvgIpc) is 2.88. The molecule has 0 radical (unpaired) electrons. The highest BCUT2D eigenvalue weighted by Gasteiger charge is 2.67. The van der Waals surface area contributed by atoms with Gasteiger partial charge in [-0.25, -0.2) is 0 Å². The lowest BCUT2D eigenvalue weighted by Crippen LogP contribution is -2.39. The summed E-state index contributed by atoms with van der Waals surface area (Å²) < 4.78 is 5.99. The number of fused-ring (bicyclic) bond motifs is 2. The monoisotopic (exact) mass is 243 g/mol. The van der Waals surface area contributed by atoms with Crippen LogP contribution in [-0.2, 0) is 4.74 Å². The predicted octanol–water partition coefficient (Wildman–Crippen LogP) is 3.61. The minimum Gasteiger partial charge on any atom is -0.377 e. The Labute approximate surface area is 109 Å². The molecule has 18 heavy (non-hydrogen) atoms. The van der Waals surface area contributed by atoms with E-state index in [-0.39, 0.29) is 0 Å². The minimum absolute atomic E-state index is 0.503. The summed E-state index contributed by atoms with van der Waals surface area (Å²) in [6, 6.07) is 1.93. The fraction of sp³-hybridized carbons (Fsp3) is 0.688. The Balaban J connectivity index is 0.000000223. The third-order valence-corrected chi connectivity index (χ3v) is 4.97. The number of rotatable bonds is 0.